The number of carbonyl (C=O) groups is 1. The molecule has 40 heavy (non-hydrogen) atoms. The summed E-state index contributed by atoms with van der Waals surface area (Å²) in [6.45, 7) is 0. The van der Waals surface area contributed by atoms with Gasteiger partial charge in [0.25, 0.3) is 15.9 Å². The Hall–Kier alpha value is -4.55. The molecule has 202 valence electrons. The van der Waals surface area contributed by atoms with E-state index >= 15 is 0 Å². The van der Waals surface area contributed by atoms with Crippen LogP contribution in [0.1, 0.15) is 15.9 Å². The van der Waals surface area contributed by atoms with Crippen molar-refractivity contribution in [1.29, 1.82) is 0 Å². The molecule has 0 fully saturated rings. The zero-order valence-corrected chi connectivity index (χ0v) is 22.0. The van der Waals surface area contributed by atoms with Gasteiger partial charge in [-0.15, -0.1) is 10.2 Å². The Morgan fingerprint density at radius 1 is 0.750 bits per heavy atom. The number of rotatable bonds is 7. The Morgan fingerprint density at radius 3 is 1.98 bits per heavy atom. The molecule has 5 rings (SSSR count). The summed E-state index contributed by atoms with van der Waals surface area (Å²) >= 11 is 1.06. The van der Waals surface area contributed by atoms with Gasteiger partial charge in [0.15, 0.2) is 0 Å². The Kier molecular flexibility index (Phi) is 7.37. The minimum Gasteiger partial charge on any atom is -0.296 e. The molecule has 0 saturated heterocycles. The smallest absolute Gasteiger partial charge is 0.296 e. The van der Waals surface area contributed by atoms with Crippen LogP contribution in [0.25, 0.3) is 21.7 Å². The topological polar surface area (TPSA) is 101 Å². The maximum absolute atomic E-state index is 13.5. The number of hydrogen-bond acceptors (Lipinski definition) is 6. The number of hydrogen-bond donors (Lipinski definition) is 2. The zero-order chi connectivity index (χ0) is 28.3. The highest BCUT2D eigenvalue weighted by atomic mass is 32.2. The lowest BCUT2D eigenvalue weighted by molar-refractivity contribution is -0.137. The van der Waals surface area contributed by atoms with Crippen LogP contribution >= 0.6 is 11.3 Å². The van der Waals surface area contributed by atoms with E-state index in [-0.39, 0.29) is 15.6 Å². The lowest BCUT2D eigenvalue weighted by atomic mass is 10.1. The number of carbonyl (C=O) groups excluding carboxylic acids is 1. The third kappa shape index (κ3) is 6.03. The van der Waals surface area contributed by atoms with Crippen LogP contribution in [0.3, 0.4) is 0 Å². The molecule has 0 aliphatic carbocycles. The van der Waals surface area contributed by atoms with E-state index in [0.717, 1.165) is 34.1 Å². The molecule has 2 N–H and O–H groups in total. The Labute approximate surface area is 231 Å². The van der Waals surface area contributed by atoms with Gasteiger partial charge in [-0.3, -0.25) is 14.8 Å². The van der Waals surface area contributed by atoms with Gasteiger partial charge in [-0.2, -0.15) is 13.2 Å². The van der Waals surface area contributed by atoms with E-state index in [1.54, 1.807) is 24.3 Å². The quantitative estimate of drug-likeness (QED) is 0.217. The van der Waals surface area contributed by atoms with Crippen LogP contribution in [-0.2, 0) is 16.2 Å². The van der Waals surface area contributed by atoms with Gasteiger partial charge < -0.3 is 0 Å². The number of halogens is 3. The second-order valence-electron chi connectivity index (χ2n) is 8.49. The number of amides is 1. The normalized spacial score (nSPS) is 11.7. The average molecular weight is 581 g/mol. The molecular formula is C28H19F3N4O3S2. The first kappa shape index (κ1) is 27.0. The van der Waals surface area contributed by atoms with E-state index in [1.165, 1.54) is 12.1 Å². The second kappa shape index (κ2) is 10.9. The van der Waals surface area contributed by atoms with Crippen molar-refractivity contribution in [2.24, 2.45) is 0 Å². The van der Waals surface area contributed by atoms with Crippen molar-refractivity contribution < 1.29 is 26.4 Å². The molecule has 1 heterocycles. The van der Waals surface area contributed by atoms with E-state index < -0.39 is 33.4 Å². The predicted octanol–water partition coefficient (Wildman–Crippen LogP) is 6.94. The lowest BCUT2D eigenvalue weighted by Gasteiger charge is -2.15. The fraction of sp³-hybridized carbons (Fsp3) is 0.0357. The number of anilines is 2. The lowest BCUT2D eigenvalue weighted by Crippen LogP contribution is -2.20. The van der Waals surface area contributed by atoms with Crippen molar-refractivity contribution in [2.75, 3.05) is 10.0 Å². The molecule has 12 heteroatoms. The van der Waals surface area contributed by atoms with Gasteiger partial charge >= 0.3 is 6.18 Å². The summed E-state index contributed by atoms with van der Waals surface area (Å²) in [5, 5.41) is 11.0. The molecule has 1 amide bonds. The van der Waals surface area contributed by atoms with Gasteiger partial charge in [0, 0.05) is 5.56 Å². The summed E-state index contributed by atoms with van der Waals surface area (Å²) < 4.78 is 68.9. The Morgan fingerprint density at radius 2 is 1.35 bits per heavy atom. The van der Waals surface area contributed by atoms with Gasteiger partial charge in [0.05, 0.1) is 21.7 Å². The number of aromatic nitrogens is 2. The molecule has 0 saturated carbocycles. The monoisotopic (exact) mass is 580 g/mol. The van der Waals surface area contributed by atoms with Crippen LogP contribution in [0.15, 0.2) is 108 Å². The molecule has 0 atom stereocenters. The van der Waals surface area contributed by atoms with Gasteiger partial charge in [-0.25, -0.2) is 8.42 Å². The summed E-state index contributed by atoms with van der Waals surface area (Å²) in [7, 11) is -4.36. The minimum absolute atomic E-state index is 0.0917. The summed E-state index contributed by atoms with van der Waals surface area (Å²) in [6.07, 6.45) is -4.77. The molecule has 0 unspecified atom stereocenters. The molecule has 4 aromatic carbocycles. The fourth-order valence-corrected chi connectivity index (χ4v) is 5.61. The molecule has 5 aromatic rings. The van der Waals surface area contributed by atoms with Crippen molar-refractivity contribution in [2.45, 2.75) is 11.1 Å². The van der Waals surface area contributed by atoms with Crippen molar-refractivity contribution in [3.05, 3.63) is 114 Å². The highest BCUT2D eigenvalue weighted by molar-refractivity contribution is 7.92. The summed E-state index contributed by atoms with van der Waals surface area (Å²) in [5.74, 6) is -0.860. The maximum atomic E-state index is 13.5. The van der Waals surface area contributed by atoms with Crippen molar-refractivity contribution in [3.8, 4) is 21.7 Å². The maximum Gasteiger partial charge on any atom is 0.416 e. The predicted molar refractivity (Wildman–Crippen MR) is 147 cm³/mol. The van der Waals surface area contributed by atoms with Gasteiger partial charge in [-0.1, -0.05) is 84.1 Å². The molecule has 0 spiro atoms. The number of nitrogens with one attached hydrogen (secondary N) is 2. The number of sulfonamides is 1. The molecule has 0 bridgehead atoms. The molecule has 0 aliphatic rings. The van der Waals surface area contributed by atoms with E-state index in [0.29, 0.717) is 17.1 Å². The van der Waals surface area contributed by atoms with Gasteiger partial charge in [0.1, 0.15) is 5.01 Å². The third-order valence-corrected chi connectivity index (χ3v) is 8.04. The summed E-state index contributed by atoms with van der Waals surface area (Å²) in [5.41, 5.74) is 0.403. The van der Waals surface area contributed by atoms with Crippen molar-refractivity contribution in [1.82, 2.24) is 10.2 Å². The SMILES string of the molecule is O=C(Nc1nnc(-c2ccccc2)s1)c1ccc(C(F)(F)F)cc1NS(=O)(=O)c1ccc(-c2ccccc2)cc1. The van der Waals surface area contributed by atoms with Crippen LogP contribution in [0.4, 0.5) is 24.0 Å². The van der Waals surface area contributed by atoms with E-state index in [1.807, 2.05) is 48.5 Å². The number of benzene rings is 4. The molecule has 0 radical (unpaired) electrons. The van der Waals surface area contributed by atoms with Gasteiger partial charge in [0.2, 0.25) is 5.13 Å². The first-order valence-electron chi connectivity index (χ1n) is 11.7. The van der Waals surface area contributed by atoms with Crippen molar-refractivity contribution in [3.63, 3.8) is 0 Å². The molecule has 0 aliphatic heterocycles. The average Bonchev–Trinajstić information content (AvgIpc) is 3.42. The van der Waals surface area contributed by atoms with Crippen LogP contribution < -0.4 is 10.0 Å². The van der Waals surface area contributed by atoms with E-state index in [9.17, 15) is 26.4 Å². The number of nitrogens with zero attached hydrogens (tertiary/aromatic N) is 2. The standard InChI is InChI=1S/C28H19F3N4O3S2/c29-28(30,31)21-13-16-23(25(36)32-27-34-33-26(39-27)20-9-5-2-6-10-20)24(17-21)35-40(37,38)22-14-11-19(12-15-22)18-7-3-1-4-8-18/h1-17,35H,(H,32,34,36). The number of alkyl halides is 3. The van der Waals surface area contributed by atoms with Crippen LogP contribution in [-0.4, -0.2) is 24.5 Å². The van der Waals surface area contributed by atoms with Crippen molar-refractivity contribution >= 4 is 38.1 Å². The summed E-state index contributed by atoms with van der Waals surface area (Å²) in [4.78, 5) is 12.9. The summed E-state index contributed by atoms with van der Waals surface area (Å²) in [6, 6.07) is 26.4. The van der Waals surface area contributed by atoms with Crippen LogP contribution in [0.2, 0.25) is 0 Å². The van der Waals surface area contributed by atoms with E-state index in [4.69, 9.17) is 0 Å². The first-order valence-corrected chi connectivity index (χ1v) is 14.0. The molecular weight excluding hydrogens is 561 g/mol. The highest BCUT2D eigenvalue weighted by Gasteiger charge is 2.32. The largest absolute Gasteiger partial charge is 0.416 e. The minimum atomic E-state index is -4.77. The second-order valence-corrected chi connectivity index (χ2v) is 11.1. The Balaban J connectivity index is 1.43. The molecule has 7 nitrogen and oxygen atoms in total. The zero-order valence-electron chi connectivity index (χ0n) is 20.4. The Bertz CT molecular complexity index is 1760. The fourth-order valence-electron chi connectivity index (χ4n) is 3.80. The van der Waals surface area contributed by atoms with Crippen LogP contribution in [0, 0.1) is 0 Å². The van der Waals surface area contributed by atoms with E-state index in [2.05, 4.69) is 20.2 Å². The third-order valence-electron chi connectivity index (χ3n) is 5.77. The molecule has 1 aromatic heterocycles. The highest BCUT2D eigenvalue weighted by Crippen LogP contribution is 2.34. The van der Waals surface area contributed by atoms with Gasteiger partial charge in [-0.05, 0) is 41.5 Å². The van der Waals surface area contributed by atoms with Crippen LogP contribution in [0.5, 0.6) is 0 Å². The first-order chi connectivity index (χ1) is 19.1.